The molecule has 1 aliphatic heterocycles. The molecule has 30 heavy (non-hydrogen) atoms. The smallest absolute Gasteiger partial charge is 0.410 e. The van der Waals surface area contributed by atoms with Crippen LogP contribution in [0.2, 0.25) is 0 Å². The molecule has 0 radical (unpaired) electrons. The van der Waals surface area contributed by atoms with Gasteiger partial charge in [-0.15, -0.1) is 0 Å². The van der Waals surface area contributed by atoms with Crippen LogP contribution in [-0.4, -0.2) is 37.9 Å². The fourth-order valence-corrected chi connectivity index (χ4v) is 3.80. The predicted molar refractivity (Wildman–Crippen MR) is 112 cm³/mol. The van der Waals surface area contributed by atoms with Gasteiger partial charge in [-0.25, -0.2) is 9.18 Å². The second-order valence-corrected chi connectivity index (χ2v) is 8.42. The maximum absolute atomic E-state index is 13.5. The molecule has 1 aliphatic rings. The van der Waals surface area contributed by atoms with E-state index >= 15 is 0 Å². The van der Waals surface area contributed by atoms with Crippen LogP contribution in [0.4, 0.5) is 9.18 Å². The molecule has 3 aromatic rings. The monoisotopic (exact) mass is 408 g/mol. The van der Waals surface area contributed by atoms with E-state index in [1.807, 2.05) is 44.5 Å². The van der Waals surface area contributed by atoms with Crippen molar-refractivity contribution in [2.24, 2.45) is 0 Å². The zero-order valence-corrected chi connectivity index (χ0v) is 17.6. The minimum atomic E-state index is -0.568. The largest absolute Gasteiger partial charge is 0.444 e. The SMILES string of the molecule is CC1c2c(-c3ccncc3)c(-c3ccc(F)cc3)nn2CCN1C(=O)OC(C)(C)C. The topological polar surface area (TPSA) is 60.2 Å². The Hall–Kier alpha value is -3.22. The zero-order valence-electron chi connectivity index (χ0n) is 17.6. The summed E-state index contributed by atoms with van der Waals surface area (Å²) in [5.74, 6) is -0.294. The summed E-state index contributed by atoms with van der Waals surface area (Å²) in [5.41, 5.74) is 3.81. The number of hydrogen-bond acceptors (Lipinski definition) is 4. The van der Waals surface area contributed by atoms with Crippen molar-refractivity contribution in [3.8, 4) is 22.4 Å². The number of halogens is 1. The molecule has 0 saturated heterocycles. The lowest BCUT2D eigenvalue weighted by Gasteiger charge is -2.35. The molecule has 0 N–H and O–H groups in total. The molecule has 0 fully saturated rings. The van der Waals surface area contributed by atoms with Gasteiger partial charge >= 0.3 is 6.09 Å². The molecule has 0 aliphatic carbocycles. The average Bonchev–Trinajstić information content (AvgIpc) is 3.08. The maximum atomic E-state index is 13.5. The third kappa shape index (κ3) is 3.79. The molecule has 2 aromatic heterocycles. The molecule has 4 rings (SSSR count). The summed E-state index contributed by atoms with van der Waals surface area (Å²) >= 11 is 0. The number of hydrogen-bond donors (Lipinski definition) is 0. The van der Waals surface area contributed by atoms with E-state index < -0.39 is 5.60 Å². The number of ether oxygens (including phenoxy) is 1. The van der Waals surface area contributed by atoms with Gasteiger partial charge in [-0.05, 0) is 69.7 Å². The average molecular weight is 408 g/mol. The van der Waals surface area contributed by atoms with E-state index in [-0.39, 0.29) is 18.0 Å². The van der Waals surface area contributed by atoms with Crippen LogP contribution in [0.1, 0.15) is 39.4 Å². The Balaban J connectivity index is 1.83. The van der Waals surface area contributed by atoms with Crippen LogP contribution in [0, 0.1) is 5.82 Å². The Bertz CT molecular complexity index is 1060. The van der Waals surface area contributed by atoms with E-state index in [0.717, 1.165) is 28.1 Å². The Labute approximate surface area is 175 Å². The van der Waals surface area contributed by atoms with Crippen molar-refractivity contribution in [3.63, 3.8) is 0 Å². The number of aromatic nitrogens is 3. The Kier molecular flexibility index (Phi) is 5.05. The summed E-state index contributed by atoms with van der Waals surface area (Å²) in [6, 6.07) is 9.92. The molecular weight excluding hydrogens is 383 g/mol. The number of rotatable bonds is 2. The number of benzene rings is 1. The van der Waals surface area contributed by atoms with E-state index in [1.54, 1.807) is 29.4 Å². The first-order chi connectivity index (χ1) is 14.2. The summed E-state index contributed by atoms with van der Waals surface area (Å²) in [6.07, 6.45) is 3.12. The standard InChI is InChI=1S/C23H25FN4O2/c1-15-21-19(16-9-11-25-12-10-16)20(17-5-7-18(24)8-6-17)26-28(21)14-13-27(15)22(29)30-23(2,3)4/h5-12,15H,13-14H2,1-4H3. The molecule has 156 valence electrons. The van der Waals surface area contributed by atoms with Crippen LogP contribution in [0.25, 0.3) is 22.4 Å². The van der Waals surface area contributed by atoms with Gasteiger partial charge in [0.2, 0.25) is 0 Å². The molecule has 0 bridgehead atoms. The van der Waals surface area contributed by atoms with Crippen molar-refractivity contribution < 1.29 is 13.9 Å². The fourth-order valence-electron chi connectivity index (χ4n) is 3.80. The minimum absolute atomic E-state index is 0.238. The number of pyridine rings is 1. The molecule has 0 saturated carbocycles. The zero-order chi connectivity index (χ0) is 21.5. The molecule has 1 amide bonds. The van der Waals surface area contributed by atoms with Crippen LogP contribution in [0.5, 0.6) is 0 Å². The quantitative estimate of drug-likeness (QED) is 0.594. The predicted octanol–water partition coefficient (Wildman–Crippen LogP) is 5.06. The van der Waals surface area contributed by atoms with Crippen LogP contribution in [-0.2, 0) is 11.3 Å². The van der Waals surface area contributed by atoms with Crippen LogP contribution in [0.3, 0.4) is 0 Å². The van der Waals surface area contributed by atoms with Gasteiger partial charge in [-0.2, -0.15) is 5.10 Å². The van der Waals surface area contributed by atoms with Gasteiger partial charge in [0, 0.05) is 30.1 Å². The van der Waals surface area contributed by atoms with E-state index in [0.29, 0.717) is 13.1 Å². The molecular formula is C23H25FN4O2. The summed E-state index contributed by atoms with van der Waals surface area (Å²) in [5, 5.41) is 4.84. The van der Waals surface area contributed by atoms with Gasteiger partial charge < -0.3 is 4.74 Å². The fraction of sp³-hybridized carbons (Fsp3) is 0.348. The molecule has 3 heterocycles. The third-order valence-electron chi connectivity index (χ3n) is 5.12. The van der Waals surface area contributed by atoms with E-state index in [9.17, 15) is 9.18 Å². The van der Waals surface area contributed by atoms with E-state index in [1.165, 1.54) is 12.1 Å². The number of nitrogens with zero attached hydrogens (tertiary/aromatic N) is 4. The number of amides is 1. The summed E-state index contributed by atoms with van der Waals surface area (Å²) in [6.45, 7) is 8.62. The van der Waals surface area contributed by atoms with Crippen molar-refractivity contribution in [2.75, 3.05) is 6.54 Å². The van der Waals surface area contributed by atoms with Gasteiger partial charge in [-0.1, -0.05) is 0 Å². The Morgan fingerprint density at radius 1 is 1.07 bits per heavy atom. The summed E-state index contributed by atoms with van der Waals surface area (Å²) in [4.78, 5) is 18.7. The molecule has 1 atom stereocenters. The highest BCUT2D eigenvalue weighted by Gasteiger charge is 2.35. The first-order valence-electron chi connectivity index (χ1n) is 10.0. The van der Waals surface area contributed by atoms with Gasteiger partial charge in [0.1, 0.15) is 17.1 Å². The minimum Gasteiger partial charge on any atom is -0.444 e. The van der Waals surface area contributed by atoms with Crippen molar-refractivity contribution in [2.45, 2.75) is 45.9 Å². The first kappa shape index (κ1) is 20.1. The van der Waals surface area contributed by atoms with Gasteiger partial charge in [-0.3, -0.25) is 14.6 Å². The third-order valence-corrected chi connectivity index (χ3v) is 5.12. The van der Waals surface area contributed by atoms with Crippen molar-refractivity contribution in [3.05, 3.63) is 60.3 Å². The van der Waals surface area contributed by atoms with Gasteiger partial charge in [0.15, 0.2) is 0 Å². The van der Waals surface area contributed by atoms with E-state index in [4.69, 9.17) is 9.84 Å². The van der Waals surface area contributed by atoms with Crippen LogP contribution in [0.15, 0.2) is 48.8 Å². The lowest BCUT2D eigenvalue weighted by atomic mass is 9.96. The van der Waals surface area contributed by atoms with Crippen LogP contribution >= 0.6 is 0 Å². The summed E-state index contributed by atoms with van der Waals surface area (Å²) < 4.78 is 21.1. The van der Waals surface area contributed by atoms with Crippen LogP contribution < -0.4 is 0 Å². The van der Waals surface area contributed by atoms with Crippen molar-refractivity contribution in [1.29, 1.82) is 0 Å². The highest BCUT2D eigenvalue weighted by molar-refractivity contribution is 5.83. The Morgan fingerprint density at radius 2 is 1.73 bits per heavy atom. The van der Waals surface area contributed by atoms with Gasteiger partial charge in [0.25, 0.3) is 0 Å². The molecule has 7 heteroatoms. The molecule has 1 unspecified atom stereocenters. The van der Waals surface area contributed by atoms with Gasteiger partial charge in [0.05, 0.1) is 18.3 Å². The maximum Gasteiger partial charge on any atom is 0.410 e. The second-order valence-electron chi connectivity index (χ2n) is 8.42. The lowest BCUT2D eigenvalue weighted by Crippen LogP contribution is -2.43. The van der Waals surface area contributed by atoms with Crippen molar-refractivity contribution in [1.82, 2.24) is 19.7 Å². The molecule has 6 nitrogen and oxygen atoms in total. The number of carbonyl (C=O) groups excluding carboxylic acids is 1. The normalized spacial score (nSPS) is 16.3. The summed E-state index contributed by atoms with van der Waals surface area (Å²) in [7, 11) is 0. The lowest BCUT2D eigenvalue weighted by molar-refractivity contribution is 0.0121. The number of carbonyl (C=O) groups is 1. The second kappa shape index (κ2) is 7.55. The Morgan fingerprint density at radius 3 is 2.37 bits per heavy atom. The van der Waals surface area contributed by atoms with Crippen molar-refractivity contribution >= 4 is 6.09 Å². The molecule has 1 aromatic carbocycles. The molecule has 0 spiro atoms. The number of fused-ring (bicyclic) bond motifs is 1. The highest BCUT2D eigenvalue weighted by Crippen LogP contribution is 2.40. The first-order valence-corrected chi connectivity index (χ1v) is 10.0. The van der Waals surface area contributed by atoms with E-state index in [2.05, 4.69) is 4.98 Å². The highest BCUT2D eigenvalue weighted by atomic mass is 19.1.